The van der Waals surface area contributed by atoms with Crippen LogP contribution in [0.2, 0.25) is 0 Å². The number of ether oxygens (including phenoxy) is 2. The summed E-state index contributed by atoms with van der Waals surface area (Å²) in [5, 5.41) is 9.41. The molecule has 7 unspecified atom stereocenters. The average Bonchev–Trinajstić information content (AvgIpc) is 4.15. The zero-order valence-corrected chi connectivity index (χ0v) is 39.1. The normalized spacial score (nSPS) is 22.0. The Balaban J connectivity index is 1.05. The van der Waals surface area contributed by atoms with Crippen LogP contribution in [0.5, 0.6) is 0 Å². The minimum absolute atomic E-state index is 0.115. The standard InChI is InChI=1S/C50H63N9O6/c1-26(2)43(56-49(62)64-8)47(60)58-20-10-12-39(58)45-51-24-32(53-45)16-14-31-15-17-33(30(7)29(31)6)34-18-19-35(42-37-23-28(5)22-36(54-37)41(34)42)38-25-52-46(55-38)40-13-11-21-59(40)48(61)44(27(3)4)57-50(63)65-9/h15,17-19,24-28,36-37,39-40,43-44,54H,10-13,20-23H2,1-9H3,(H,51,53)(H,52,55)(H,56,62)(H,57,63). The van der Waals surface area contributed by atoms with Gasteiger partial charge in [0.25, 0.3) is 0 Å². The van der Waals surface area contributed by atoms with E-state index in [1.165, 1.54) is 42.0 Å². The number of carbonyl (C=O) groups excluding carboxylic acids is 4. The van der Waals surface area contributed by atoms with E-state index in [2.05, 4.69) is 87.8 Å². The molecule has 344 valence electrons. The molecule has 5 N–H and O–H groups in total. The van der Waals surface area contributed by atoms with Gasteiger partial charge >= 0.3 is 12.2 Å². The van der Waals surface area contributed by atoms with Crippen LogP contribution in [-0.4, -0.2) is 93.1 Å². The van der Waals surface area contributed by atoms with Crippen molar-refractivity contribution in [3.05, 3.63) is 81.8 Å². The third kappa shape index (κ3) is 8.85. The number of amides is 4. The number of piperidine rings is 1. The number of hydrogen-bond acceptors (Lipinski definition) is 9. The molecular formula is C50H63N9O6. The zero-order valence-electron chi connectivity index (χ0n) is 39.1. The second-order valence-corrected chi connectivity index (χ2v) is 19.0. The highest BCUT2D eigenvalue weighted by Gasteiger charge is 2.42. The largest absolute Gasteiger partial charge is 0.453 e. The first-order valence-electron chi connectivity index (χ1n) is 23.1. The molecule has 2 bridgehead atoms. The number of fused-ring (bicyclic) bond motifs is 5. The van der Waals surface area contributed by atoms with Crippen molar-refractivity contribution in [2.75, 3.05) is 27.3 Å². The summed E-state index contributed by atoms with van der Waals surface area (Å²) in [6, 6.07) is 7.34. The van der Waals surface area contributed by atoms with Crippen molar-refractivity contribution in [1.82, 2.24) is 45.7 Å². The number of carbonyl (C=O) groups is 4. The minimum atomic E-state index is -0.703. The molecule has 7 atom stereocenters. The molecule has 8 rings (SSSR count). The lowest BCUT2D eigenvalue weighted by Crippen LogP contribution is -2.51. The molecular weight excluding hydrogens is 823 g/mol. The third-order valence-corrected chi connectivity index (χ3v) is 14.0. The summed E-state index contributed by atoms with van der Waals surface area (Å²) >= 11 is 0. The van der Waals surface area contributed by atoms with Gasteiger partial charge in [0.15, 0.2) is 0 Å². The molecule has 4 aliphatic rings. The highest BCUT2D eigenvalue weighted by molar-refractivity contribution is 5.87. The lowest BCUT2D eigenvalue weighted by Gasteiger charge is -2.30. The third-order valence-electron chi connectivity index (χ3n) is 14.0. The number of imidazole rings is 2. The quantitative estimate of drug-likeness (QED) is 0.0996. The summed E-state index contributed by atoms with van der Waals surface area (Å²) in [5.74, 6) is 8.17. The maximum absolute atomic E-state index is 13.9. The molecule has 0 spiro atoms. The van der Waals surface area contributed by atoms with E-state index in [1.54, 1.807) is 11.1 Å². The molecule has 15 heteroatoms. The molecule has 3 saturated heterocycles. The van der Waals surface area contributed by atoms with Crippen molar-refractivity contribution in [1.29, 1.82) is 0 Å². The van der Waals surface area contributed by atoms with Gasteiger partial charge in [-0.1, -0.05) is 58.7 Å². The first kappa shape index (κ1) is 45.4. The van der Waals surface area contributed by atoms with Gasteiger partial charge in [-0.25, -0.2) is 19.6 Å². The fourth-order valence-electron chi connectivity index (χ4n) is 10.5. The maximum atomic E-state index is 13.9. The van der Waals surface area contributed by atoms with Gasteiger partial charge < -0.3 is 45.2 Å². The van der Waals surface area contributed by atoms with E-state index >= 15 is 0 Å². The fraction of sp³-hybridized carbons (Fsp3) is 0.520. The fourth-order valence-corrected chi connectivity index (χ4v) is 10.5. The predicted octanol–water partition coefficient (Wildman–Crippen LogP) is 7.69. The van der Waals surface area contributed by atoms with Gasteiger partial charge in [0.2, 0.25) is 11.8 Å². The number of nitrogens with one attached hydrogen (secondary N) is 5. The van der Waals surface area contributed by atoms with Gasteiger partial charge in [-0.05, 0) is 115 Å². The topological polar surface area (TPSA) is 187 Å². The number of likely N-dealkylation sites (tertiary alicyclic amines) is 2. The van der Waals surface area contributed by atoms with Crippen molar-refractivity contribution < 1.29 is 28.7 Å². The highest BCUT2D eigenvalue weighted by atomic mass is 16.5. The van der Waals surface area contributed by atoms with Crippen LogP contribution in [0.3, 0.4) is 0 Å². The molecule has 15 nitrogen and oxygen atoms in total. The highest BCUT2D eigenvalue weighted by Crippen LogP contribution is 2.52. The van der Waals surface area contributed by atoms with E-state index in [4.69, 9.17) is 14.5 Å². The van der Waals surface area contributed by atoms with Crippen LogP contribution in [0.25, 0.3) is 22.4 Å². The second-order valence-electron chi connectivity index (χ2n) is 19.0. The average molecular weight is 886 g/mol. The molecule has 4 aliphatic heterocycles. The van der Waals surface area contributed by atoms with Crippen LogP contribution in [0.4, 0.5) is 9.59 Å². The molecule has 0 saturated carbocycles. The molecule has 3 fully saturated rings. The number of methoxy groups -OCH3 is 2. The Labute approximate surface area is 381 Å². The minimum Gasteiger partial charge on any atom is -0.453 e. The van der Waals surface area contributed by atoms with Gasteiger partial charge in [0.1, 0.15) is 29.4 Å². The molecule has 4 amide bonds. The number of H-pyrrole nitrogens is 2. The van der Waals surface area contributed by atoms with E-state index in [0.29, 0.717) is 30.5 Å². The number of hydrogen-bond donors (Lipinski definition) is 5. The first-order valence-corrected chi connectivity index (χ1v) is 23.1. The molecule has 65 heavy (non-hydrogen) atoms. The lowest BCUT2D eigenvalue weighted by atomic mass is 9.85. The Morgan fingerprint density at radius 2 is 1.23 bits per heavy atom. The second kappa shape index (κ2) is 18.8. The monoisotopic (exact) mass is 885 g/mol. The van der Waals surface area contributed by atoms with Crippen LogP contribution in [0.1, 0.15) is 142 Å². The summed E-state index contributed by atoms with van der Waals surface area (Å²) < 4.78 is 9.61. The molecule has 2 aromatic carbocycles. The molecule has 0 radical (unpaired) electrons. The molecule has 0 aliphatic carbocycles. The van der Waals surface area contributed by atoms with Crippen LogP contribution >= 0.6 is 0 Å². The SMILES string of the molecule is COC(=O)NC(C(=O)N1CCCC1c1ncc(C#Cc2ccc(-c3ccc(-c4cnc(C5CCCN5C(=O)C(NC(=O)OC)C(C)C)[nH]4)c4c3C3CC(C)CC4N3)c(C)c2C)[nH]1)C(C)C. The summed E-state index contributed by atoms with van der Waals surface area (Å²) in [6.45, 7) is 15.5. The number of aromatic nitrogens is 4. The van der Waals surface area contributed by atoms with Gasteiger partial charge in [-0.2, -0.15) is 0 Å². The summed E-state index contributed by atoms with van der Waals surface area (Å²) in [7, 11) is 2.60. The first-order chi connectivity index (χ1) is 31.2. The lowest BCUT2D eigenvalue weighted by molar-refractivity contribution is -0.136. The van der Waals surface area contributed by atoms with E-state index in [9.17, 15) is 19.2 Å². The number of nitrogens with zero attached hydrogens (tertiary/aromatic N) is 4. The Morgan fingerprint density at radius 1 is 0.708 bits per heavy atom. The Morgan fingerprint density at radius 3 is 1.80 bits per heavy atom. The Kier molecular flexibility index (Phi) is 13.1. The summed E-state index contributed by atoms with van der Waals surface area (Å²) in [5.41, 5.74) is 11.0. The van der Waals surface area contributed by atoms with Gasteiger partial charge in [-0.3, -0.25) is 9.59 Å². The molecule has 4 aromatic rings. The summed E-state index contributed by atoms with van der Waals surface area (Å²) in [6.07, 6.45) is 7.70. The van der Waals surface area contributed by atoms with Crippen LogP contribution < -0.4 is 16.0 Å². The van der Waals surface area contributed by atoms with Crippen molar-refractivity contribution in [3.8, 4) is 34.2 Å². The maximum Gasteiger partial charge on any atom is 0.407 e. The van der Waals surface area contributed by atoms with Gasteiger partial charge in [0, 0.05) is 36.3 Å². The molecule has 6 heterocycles. The number of rotatable bonds is 10. The van der Waals surface area contributed by atoms with E-state index in [-0.39, 0.29) is 47.8 Å². The van der Waals surface area contributed by atoms with E-state index in [1.807, 2.05) is 38.8 Å². The van der Waals surface area contributed by atoms with Crippen LogP contribution in [0.15, 0.2) is 36.7 Å². The van der Waals surface area contributed by atoms with Crippen LogP contribution in [0, 0.1) is 43.4 Å². The van der Waals surface area contributed by atoms with Crippen molar-refractivity contribution in [2.24, 2.45) is 17.8 Å². The predicted molar refractivity (Wildman–Crippen MR) is 246 cm³/mol. The Bertz CT molecular complexity index is 2530. The van der Waals surface area contributed by atoms with E-state index < -0.39 is 24.3 Å². The number of alkyl carbamates (subject to hydrolysis) is 2. The van der Waals surface area contributed by atoms with Gasteiger partial charge in [-0.15, -0.1) is 0 Å². The van der Waals surface area contributed by atoms with Crippen molar-refractivity contribution in [2.45, 2.75) is 123 Å². The number of benzene rings is 2. The Hall–Kier alpha value is -6.14. The van der Waals surface area contributed by atoms with Gasteiger partial charge in [0.05, 0.1) is 44.4 Å². The van der Waals surface area contributed by atoms with E-state index in [0.717, 1.165) is 66.7 Å². The summed E-state index contributed by atoms with van der Waals surface area (Å²) in [4.78, 5) is 71.9. The number of aromatic amines is 2. The zero-order chi connectivity index (χ0) is 46.3. The van der Waals surface area contributed by atoms with Crippen LogP contribution in [-0.2, 0) is 19.1 Å². The smallest absolute Gasteiger partial charge is 0.407 e. The molecule has 2 aromatic heterocycles. The van der Waals surface area contributed by atoms with Crippen molar-refractivity contribution in [3.63, 3.8) is 0 Å². The van der Waals surface area contributed by atoms with Crippen molar-refractivity contribution >= 4 is 24.0 Å².